The Labute approximate surface area is 100 Å². The largest absolute Gasteiger partial charge is 0.374 e. The second-order valence-corrected chi connectivity index (χ2v) is 4.92. The zero-order chi connectivity index (χ0) is 11.4. The summed E-state index contributed by atoms with van der Waals surface area (Å²) in [6.07, 6.45) is 13.2. The van der Waals surface area contributed by atoms with Crippen LogP contribution in [0.5, 0.6) is 0 Å². The summed E-state index contributed by atoms with van der Waals surface area (Å²) in [6, 6.07) is 0. The summed E-state index contributed by atoms with van der Waals surface area (Å²) in [4.78, 5) is 0. The van der Waals surface area contributed by atoms with Crippen molar-refractivity contribution in [1.29, 1.82) is 0 Å². The van der Waals surface area contributed by atoms with Crippen molar-refractivity contribution < 1.29 is 4.74 Å². The Hall–Kier alpha value is -0.495. The molecular formula is C14H21BO. The topological polar surface area (TPSA) is 9.23 Å². The van der Waals surface area contributed by atoms with Crippen molar-refractivity contribution in [2.45, 2.75) is 64.1 Å². The lowest BCUT2D eigenvalue weighted by molar-refractivity contribution is -0.0206. The van der Waals surface area contributed by atoms with E-state index in [0.717, 1.165) is 31.2 Å². The van der Waals surface area contributed by atoms with E-state index in [1.54, 1.807) is 5.57 Å². The first-order valence-electron chi connectivity index (χ1n) is 6.55. The Morgan fingerprint density at radius 2 is 1.88 bits per heavy atom. The highest BCUT2D eigenvalue weighted by Crippen LogP contribution is 2.27. The molecule has 2 rings (SSSR count). The number of allylic oxidation sites excluding steroid dienone is 2. The second kappa shape index (κ2) is 5.72. The maximum atomic E-state index is 6.13. The molecule has 2 radical (unpaired) electrons. The molecule has 86 valence electrons. The molecule has 0 saturated carbocycles. The molecule has 16 heavy (non-hydrogen) atoms. The predicted octanol–water partition coefficient (Wildman–Crippen LogP) is 3.50. The Bertz CT molecular complexity index is 293. The van der Waals surface area contributed by atoms with E-state index in [2.05, 4.69) is 19.1 Å². The van der Waals surface area contributed by atoms with Crippen LogP contribution in [0.2, 0.25) is 0 Å². The zero-order valence-electron chi connectivity index (χ0n) is 10.2. The van der Waals surface area contributed by atoms with Crippen molar-refractivity contribution in [2.75, 3.05) is 0 Å². The molecule has 2 unspecified atom stereocenters. The fourth-order valence-electron chi connectivity index (χ4n) is 2.54. The highest BCUT2D eigenvalue weighted by Gasteiger charge is 2.20. The Morgan fingerprint density at radius 1 is 1.19 bits per heavy atom. The maximum absolute atomic E-state index is 6.13. The summed E-state index contributed by atoms with van der Waals surface area (Å²) in [7, 11) is 5.76. The summed E-state index contributed by atoms with van der Waals surface area (Å²) in [5.74, 6) is 0. The minimum Gasteiger partial charge on any atom is -0.374 e. The molecule has 2 aliphatic carbocycles. The van der Waals surface area contributed by atoms with Gasteiger partial charge in [0.15, 0.2) is 0 Å². The van der Waals surface area contributed by atoms with Crippen LogP contribution in [0.4, 0.5) is 0 Å². The molecule has 2 heteroatoms. The van der Waals surface area contributed by atoms with Gasteiger partial charge in [-0.1, -0.05) is 24.6 Å². The van der Waals surface area contributed by atoms with Gasteiger partial charge in [-0.25, -0.2) is 0 Å². The van der Waals surface area contributed by atoms with E-state index >= 15 is 0 Å². The van der Waals surface area contributed by atoms with E-state index in [-0.39, 0.29) is 0 Å². The van der Waals surface area contributed by atoms with Gasteiger partial charge in [0.25, 0.3) is 0 Å². The van der Waals surface area contributed by atoms with Gasteiger partial charge in [-0.2, -0.15) is 0 Å². The van der Waals surface area contributed by atoms with Gasteiger partial charge in [-0.05, 0) is 44.9 Å². The van der Waals surface area contributed by atoms with Gasteiger partial charge in [-0.3, -0.25) is 0 Å². The van der Waals surface area contributed by atoms with Gasteiger partial charge < -0.3 is 4.74 Å². The van der Waals surface area contributed by atoms with Crippen LogP contribution in [0.25, 0.3) is 0 Å². The van der Waals surface area contributed by atoms with Gasteiger partial charge in [-0.15, -0.1) is 5.47 Å². The van der Waals surface area contributed by atoms with Crippen molar-refractivity contribution >= 4 is 7.85 Å². The van der Waals surface area contributed by atoms with E-state index < -0.39 is 0 Å². The van der Waals surface area contributed by atoms with Crippen LogP contribution >= 0.6 is 0 Å². The molecule has 0 aromatic carbocycles. The average Bonchev–Trinajstić information content (AvgIpc) is 2.33. The molecule has 0 aromatic heterocycles. The molecular weight excluding hydrogens is 195 g/mol. The Kier molecular flexibility index (Phi) is 4.28. The van der Waals surface area contributed by atoms with Gasteiger partial charge in [0.05, 0.1) is 12.2 Å². The molecule has 2 atom stereocenters. The lowest BCUT2D eigenvalue weighted by atomic mass is 9.84. The average molecular weight is 216 g/mol. The molecule has 0 N–H and O–H groups in total. The SMILES string of the molecule is [B]C1=CCC(OC2CC=C(CC)CC2)CC1. The first-order valence-corrected chi connectivity index (χ1v) is 6.55. The van der Waals surface area contributed by atoms with Crippen molar-refractivity contribution in [3.63, 3.8) is 0 Å². The highest BCUT2D eigenvalue weighted by atomic mass is 16.5. The van der Waals surface area contributed by atoms with Crippen LogP contribution in [0.3, 0.4) is 0 Å². The van der Waals surface area contributed by atoms with Crippen molar-refractivity contribution in [3.8, 4) is 0 Å². The molecule has 0 aliphatic heterocycles. The molecule has 0 aromatic rings. The van der Waals surface area contributed by atoms with Crippen molar-refractivity contribution in [2.24, 2.45) is 0 Å². The molecule has 2 aliphatic rings. The summed E-state index contributed by atoms with van der Waals surface area (Å²) >= 11 is 0. The predicted molar refractivity (Wildman–Crippen MR) is 68.6 cm³/mol. The van der Waals surface area contributed by atoms with Crippen LogP contribution < -0.4 is 0 Å². The Morgan fingerprint density at radius 3 is 2.38 bits per heavy atom. The third kappa shape index (κ3) is 3.25. The molecule has 0 fully saturated rings. The molecule has 0 heterocycles. The third-order valence-corrected chi connectivity index (χ3v) is 3.69. The first-order chi connectivity index (χ1) is 7.78. The Balaban J connectivity index is 1.77. The number of ether oxygens (including phenoxy) is 1. The number of hydrogen-bond acceptors (Lipinski definition) is 1. The van der Waals surface area contributed by atoms with Crippen LogP contribution in [-0.4, -0.2) is 20.1 Å². The standard InChI is InChI=1S/C14H21BO/c1-2-11-3-7-13(8-4-11)16-14-9-5-12(15)6-10-14/h3,5,13-14H,2,4,6-10H2,1H3. The molecule has 0 bridgehead atoms. The minimum atomic E-state index is 0.411. The summed E-state index contributed by atoms with van der Waals surface area (Å²) in [5.41, 5.74) is 2.64. The smallest absolute Gasteiger partial charge is 0.107 e. The summed E-state index contributed by atoms with van der Waals surface area (Å²) < 4.78 is 6.13. The summed E-state index contributed by atoms with van der Waals surface area (Å²) in [6.45, 7) is 2.24. The second-order valence-electron chi connectivity index (χ2n) is 4.92. The van der Waals surface area contributed by atoms with E-state index in [1.807, 2.05) is 0 Å². The van der Waals surface area contributed by atoms with Crippen LogP contribution in [0.1, 0.15) is 51.9 Å². The minimum absolute atomic E-state index is 0.411. The molecule has 0 saturated heterocycles. The van der Waals surface area contributed by atoms with Crippen molar-refractivity contribution in [3.05, 3.63) is 23.2 Å². The maximum Gasteiger partial charge on any atom is 0.107 e. The van der Waals surface area contributed by atoms with E-state index in [9.17, 15) is 0 Å². The van der Waals surface area contributed by atoms with Crippen LogP contribution in [0, 0.1) is 0 Å². The fraction of sp³-hybridized carbons (Fsp3) is 0.714. The first kappa shape index (κ1) is 12.0. The summed E-state index contributed by atoms with van der Waals surface area (Å²) in [5, 5.41) is 0. The lowest BCUT2D eigenvalue weighted by Crippen LogP contribution is -2.25. The quantitative estimate of drug-likeness (QED) is 0.518. The lowest BCUT2D eigenvalue weighted by Gasteiger charge is -2.29. The van der Waals surface area contributed by atoms with E-state index in [4.69, 9.17) is 12.6 Å². The zero-order valence-corrected chi connectivity index (χ0v) is 10.2. The van der Waals surface area contributed by atoms with Gasteiger partial charge in [0.1, 0.15) is 7.85 Å². The van der Waals surface area contributed by atoms with Crippen LogP contribution in [0.15, 0.2) is 23.2 Å². The third-order valence-electron chi connectivity index (χ3n) is 3.69. The number of rotatable bonds is 3. The molecule has 0 spiro atoms. The van der Waals surface area contributed by atoms with E-state index in [0.29, 0.717) is 12.2 Å². The monoisotopic (exact) mass is 216 g/mol. The fourth-order valence-corrected chi connectivity index (χ4v) is 2.54. The van der Waals surface area contributed by atoms with Gasteiger partial charge in [0.2, 0.25) is 0 Å². The number of hydrogen-bond donors (Lipinski definition) is 0. The normalized spacial score (nSPS) is 30.8. The van der Waals surface area contributed by atoms with Gasteiger partial charge in [0, 0.05) is 0 Å². The van der Waals surface area contributed by atoms with Crippen LogP contribution in [-0.2, 0) is 4.74 Å². The van der Waals surface area contributed by atoms with Gasteiger partial charge >= 0.3 is 0 Å². The molecule has 1 nitrogen and oxygen atoms in total. The highest BCUT2D eigenvalue weighted by molar-refractivity contribution is 6.21. The molecule has 0 amide bonds. The van der Waals surface area contributed by atoms with Crippen molar-refractivity contribution in [1.82, 2.24) is 0 Å². The van der Waals surface area contributed by atoms with E-state index in [1.165, 1.54) is 19.3 Å².